The molecule has 20 heavy (non-hydrogen) atoms. The van der Waals surface area contributed by atoms with E-state index in [9.17, 15) is 9.18 Å². The fourth-order valence-corrected chi connectivity index (χ4v) is 2.23. The molecule has 4 heteroatoms. The summed E-state index contributed by atoms with van der Waals surface area (Å²) in [6.45, 7) is 4.46. The van der Waals surface area contributed by atoms with Gasteiger partial charge in [0, 0.05) is 32.3 Å². The minimum atomic E-state index is -0.208. The maximum absolute atomic E-state index is 13.7. The second-order valence-corrected chi connectivity index (χ2v) is 4.65. The average molecular weight is 274 g/mol. The molecule has 0 atom stereocenters. The van der Waals surface area contributed by atoms with Gasteiger partial charge in [0.1, 0.15) is 5.82 Å². The summed E-state index contributed by atoms with van der Waals surface area (Å²) in [7, 11) is 0. The van der Waals surface area contributed by atoms with Gasteiger partial charge in [-0.05, 0) is 19.1 Å². The Hall–Kier alpha value is -2.10. The van der Waals surface area contributed by atoms with Gasteiger partial charge in [-0.3, -0.25) is 4.79 Å². The molecule has 1 aromatic rings. The Morgan fingerprint density at radius 2 is 1.85 bits per heavy atom. The van der Waals surface area contributed by atoms with Crippen LogP contribution in [0, 0.1) is 5.82 Å². The maximum atomic E-state index is 13.7. The topological polar surface area (TPSA) is 23.6 Å². The van der Waals surface area contributed by atoms with Crippen LogP contribution in [0.4, 0.5) is 10.1 Å². The third-order valence-corrected chi connectivity index (χ3v) is 3.33. The Bertz CT molecular complexity index is 517. The van der Waals surface area contributed by atoms with Crippen LogP contribution in [0.15, 0.2) is 48.6 Å². The van der Waals surface area contributed by atoms with Gasteiger partial charge in [0.2, 0.25) is 5.91 Å². The highest BCUT2D eigenvalue weighted by molar-refractivity contribution is 5.88. The number of carbonyl (C=O) groups excluding carboxylic acids is 1. The molecule has 3 nitrogen and oxygen atoms in total. The van der Waals surface area contributed by atoms with Crippen molar-refractivity contribution in [1.82, 2.24) is 4.90 Å². The first-order valence-electron chi connectivity index (χ1n) is 6.80. The number of amides is 1. The number of para-hydroxylation sites is 1. The normalized spacial score (nSPS) is 16.3. The first kappa shape index (κ1) is 14.3. The third-order valence-electron chi connectivity index (χ3n) is 3.33. The highest BCUT2D eigenvalue weighted by Crippen LogP contribution is 2.20. The van der Waals surface area contributed by atoms with E-state index in [2.05, 4.69) is 0 Å². The molecule has 0 saturated carbocycles. The number of hydrogen-bond donors (Lipinski definition) is 0. The Labute approximate surface area is 119 Å². The molecule has 0 aromatic heterocycles. The van der Waals surface area contributed by atoms with Crippen LogP contribution in [0.2, 0.25) is 0 Å². The first-order chi connectivity index (χ1) is 9.72. The van der Waals surface area contributed by atoms with Gasteiger partial charge in [-0.25, -0.2) is 4.39 Å². The van der Waals surface area contributed by atoms with Gasteiger partial charge < -0.3 is 9.80 Å². The van der Waals surface area contributed by atoms with Crippen LogP contribution in [0.25, 0.3) is 0 Å². The summed E-state index contributed by atoms with van der Waals surface area (Å²) in [4.78, 5) is 15.7. The van der Waals surface area contributed by atoms with E-state index in [1.807, 2.05) is 30.0 Å². The van der Waals surface area contributed by atoms with Crippen molar-refractivity contribution in [3.05, 3.63) is 54.4 Å². The molecule has 106 valence electrons. The van der Waals surface area contributed by atoms with Crippen molar-refractivity contribution in [2.45, 2.75) is 6.92 Å². The summed E-state index contributed by atoms with van der Waals surface area (Å²) < 4.78 is 13.7. The Kier molecular flexibility index (Phi) is 4.93. The average Bonchev–Trinajstić information content (AvgIpc) is 2.48. The van der Waals surface area contributed by atoms with Crippen LogP contribution >= 0.6 is 0 Å². The zero-order valence-electron chi connectivity index (χ0n) is 11.6. The number of nitrogens with zero attached hydrogens (tertiary/aromatic N) is 2. The summed E-state index contributed by atoms with van der Waals surface area (Å²) in [6.07, 6.45) is 7.01. The van der Waals surface area contributed by atoms with Crippen molar-refractivity contribution in [1.29, 1.82) is 0 Å². The first-order valence-corrected chi connectivity index (χ1v) is 6.80. The Balaban J connectivity index is 1.93. The number of hydrogen-bond acceptors (Lipinski definition) is 2. The summed E-state index contributed by atoms with van der Waals surface area (Å²) >= 11 is 0. The van der Waals surface area contributed by atoms with Crippen LogP contribution in [0.1, 0.15) is 6.92 Å². The number of halogens is 1. The van der Waals surface area contributed by atoms with Gasteiger partial charge in [-0.2, -0.15) is 0 Å². The molecule has 1 fully saturated rings. The van der Waals surface area contributed by atoms with Crippen LogP contribution in [0.3, 0.4) is 0 Å². The molecule has 1 aromatic carbocycles. The fourth-order valence-electron chi connectivity index (χ4n) is 2.23. The SMILES string of the molecule is CC=CC=CC(=O)N1CCN(c2ccccc2F)CC1. The molecule has 1 amide bonds. The van der Waals surface area contributed by atoms with Gasteiger partial charge in [0.25, 0.3) is 0 Å². The minimum absolute atomic E-state index is 0.0104. The van der Waals surface area contributed by atoms with Crippen molar-refractivity contribution in [3.63, 3.8) is 0 Å². The molecule has 1 aliphatic heterocycles. The Morgan fingerprint density at radius 3 is 2.50 bits per heavy atom. The van der Waals surface area contributed by atoms with E-state index in [1.54, 1.807) is 29.2 Å². The highest BCUT2D eigenvalue weighted by Gasteiger charge is 2.21. The van der Waals surface area contributed by atoms with Gasteiger partial charge in [0.05, 0.1) is 5.69 Å². The zero-order chi connectivity index (χ0) is 14.4. The molecule has 1 saturated heterocycles. The molecule has 0 unspecified atom stereocenters. The van der Waals surface area contributed by atoms with E-state index >= 15 is 0 Å². The zero-order valence-corrected chi connectivity index (χ0v) is 11.6. The molecule has 1 aliphatic rings. The van der Waals surface area contributed by atoms with E-state index in [4.69, 9.17) is 0 Å². The molecule has 1 heterocycles. The lowest BCUT2D eigenvalue weighted by atomic mass is 10.2. The highest BCUT2D eigenvalue weighted by atomic mass is 19.1. The van der Waals surface area contributed by atoms with Crippen LogP contribution in [-0.4, -0.2) is 37.0 Å². The maximum Gasteiger partial charge on any atom is 0.246 e. The Morgan fingerprint density at radius 1 is 1.15 bits per heavy atom. The lowest BCUT2D eigenvalue weighted by Crippen LogP contribution is -2.48. The predicted molar refractivity (Wildman–Crippen MR) is 79.1 cm³/mol. The van der Waals surface area contributed by atoms with Crippen LogP contribution in [-0.2, 0) is 4.79 Å². The summed E-state index contributed by atoms with van der Waals surface area (Å²) in [5.41, 5.74) is 0.615. The van der Waals surface area contributed by atoms with Crippen molar-refractivity contribution in [2.75, 3.05) is 31.1 Å². The van der Waals surface area contributed by atoms with Gasteiger partial charge in [0.15, 0.2) is 0 Å². The molecule has 0 aliphatic carbocycles. The third kappa shape index (κ3) is 3.47. The number of rotatable bonds is 3. The van der Waals surface area contributed by atoms with E-state index in [0.717, 1.165) is 0 Å². The number of anilines is 1. The lowest BCUT2D eigenvalue weighted by molar-refractivity contribution is -0.126. The molecular weight excluding hydrogens is 255 g/mol. The smallest absolute Gasteiger partial charge is 0.246 e. The number of piperazine rings is 1. The van der Waals surface area contributed by atoms with Crippen LogP contribution < -0.4 is 4.90 Å². The van der Waals surface area contributed by atoms with Gasteiger partial charge in [-0.1, -0.05) is 30.4 Å². The van der Waals surface area contributed by atoms with E-state index in [1.165, 1.54) is 6.07 Å². The monoisotopic (exact) mass is 274 g/mol. The molecule has 0 bridgehead atoms. The van der Waals surface area contributed by atoms with Crippen LogP contribution in [0.5, 0.6) is 0 Å². The van der Waals surface area contributed by atoms with Gasteiger partial charge in [-0.15, -0.1) is 0 Å². The molecule has 2 rings (SSSR count). The summed E-state index contributed by atoms with van der Waals surface area (Å²) in [6, 6.07) is 6.76. The van der Waals surface area contributed by atoms with Gasteiger partial charge >= 0.3 is 0 Å². The second kappa shape index (κ2) is 6.89. The summed E-state index contributed by atoms with van der Waals surface area (Å²) in [5.74, 6) is -0.198. The number of carbonyl (C=O) groups is 1. The summed E-state index contributed by atoms with van der Waals surface area (Å²) in [5, 5.41) is 0. The minimum Gasteiger partial charge on any atom is -0.366 e. The van der Waals surface area contributed by atoms with Crippen molar-refractivity contribution in [3.8, 4) is 0 Å². The molecule has 0 radical (unpaired) electrons. The van der Waals surface area contributed by atoms with E-state index in [-0.39, 0.29) is 11.7 Å². The largest absolute Gasteiger partial charge is 0.366 e. The predicted octanol–water partition coefficient (Wildman–Crippen LogP) is 2.61. The molecule has 0 N–H and O–H groups in total. The second-order valence-electron chi connectivity index (χ2n) is 4.65. The van der Waals surface area contributed by atoms with E-state index in [0.29, 0.717) is 31.9 Å². The lowest BCUT2D eigenvalue weighted by Gasteiger charge is -2.35. The molecular formula is C16H19FN2O. The number of benzene rings is 1. The van der Waals surface area contributed by atoms with Crippen molar-refractivity contribution < 1.29 is 9.18 Å². The fraction of sp³-hybridized carbons (Fsp3) is 0.312. The number of allylic oxidation sites excluding steroid dienone is 3. The standard InChI is InChI=1S/C16H19FN2O/c1-2-3-4-9-16(20)19-12-10-18(11-13-19)15-8-6-5-7-14(15)17/h2-9H,10-13H2,1H3. The quantitative estimate of drug-likeness (QED) is 0.625. The van der Waals surface area contributed by atoms with Crippen molar-refractivity contribution >= 4 is 11.6 Å². The van der Waals surface area contributed by atoms with E-state index < -0.39 is 0 Å². The van der Waals surface area contributed by atoms with Crippen molar-refractivity contribution in [2.24, 2.45) is 0 Å². The molecule has 0 spiro atoms.